The summed E-state index contributed by atoms with van der Waals surface area (Å²) in [6.45, 7) is 7.78. The summed E-state index contributed by atoms with van der Waals surface area (Å²) in [6, 6.07) is 5.59. The molecule has 1 aromatic rings. The Bertz CT molecular complexity index is 653. The van der Waals surface area contributed by atoms with E-state index in [0.29, 0.717) is 43.2 Å². The summed E-state index contributed by atoms with van der Waals surface area (Å²) < 4.78 is 10.6. The molecule has 0 unspecified atom stereocenters. The molecule has 1 heterocycles. The van der Waals surface area contributed by atoms with Crippen molar-refractivity contribution in [3.8, 4) is 11.8 Å². The molecule has 1 fully saturated rings. The number of nitrogens with zero attached hydrogens (tertiary/aromatic N) is 3. The number of hydrogen-bond acceptors (Lipinski definition) is 6. The highest BCUT2D eigenvalue weighted by Gasteiger charge is 2.27. The SMILES string of the molecule is COc1cc(N)c(C#N)c(N2CCN(C(=O)OC(C)(C)C)CC2)c1. The molecule has 7 nitrogen and oxygen atoms in total. The summed E-state index contributed by atoms with van der Waals surface area (Å²) in [5.74, 6) is 0.607. The molecule has 0 atom stereocenters. The molecule has 0 radical (unpaired) electrons. The van der Waals surface area contributed by atoms with Crippen LogP contribution in [0.2, 0.25) is 0 Å². The van der Waals surface area contributed by atoms with Gasteiger partial charge in [0.2, 0.25) is 0 Å². The number of piperazine rings is 1. The van der Waals surface area contributed by atoms with Crippen LogP contribution in [-0.2, 0) is 4.74 Å². The van der Waals surface area contributed by atoms with E-state index in [1.165, 1.54) is 0 Å². The predicted octanol–water partition coefficient (Wildman–Crippen LogP) is 2.21. The molecule has 0 aliphatic carbocycles. The fourth-order valence-corrected chi connectivity index (χ4v) is 2.57. The molecule has 1 aliphatic rings. The van der Waals surface area contributed by atoms with Crippen LogP contribution in [0.3, 0.4) is 0 Å². The quantitative estimate of drug-likeness (QED) is 0.835. The van der Waals surface area contributed by atoms with Crippen molar-refractivity contribution in [1.29, 1.82) is 5.26 Å². The number of nitrogen functional groups attached to an aromatic ring is 1. The monoisotopic (exact) mass is 332 g/mol. The third-order valence-electron chi connectivity index (χ3n) is 3.74. The molecule has 1 saturated heterocycles. The van der Waals surface area contributed by atoms with Crippen molar-refractivity contribution in [2.24, 2.45) is 0 Å². The normalized spacial score (nSPS) is 15.0. The van der Waals surface area contributed by atoms with Gasteiger partial charge >= 0.3 is 6.09 Å². The first kappa shape index (κ1) is 17.7. The number of rotatable bonds is 2. The second-order valence-corrected chi connectivity index (χ2v) is 6.68. The van der Waals surface area contributed by atoms with E-state index in [9.17, 15) is 10.1 Å². The van der Waals surface area contributed by atoms with Crippen LogP contribution in [-0.4, -0.2) is 49.9 Å². The van der Waals surface area contributed by atoms with E-state index < -0.39 is 5.60 Å². The van der Waals surface area contributed by atoms with E-state index >= 15 is 0 Å². The zero-order chi connectivity index (χ0) is 17.9. The number of nitrogens with two attached hydrogens (primary N) is 1. The number of methoxy groups -OCH3 is 1. The minimum absolute atomic E-state index is 0.312. The van der Waals surface area contributed by atoms with Gasteiger partial charge < -0.3 is 25.0 Å². The molecule has 7 heteroatoms. The van der Waals surface area contributed by atoms with Crippen LogP contribution in [0.5, 0.6) is 5.75 Å². The fourth-order valence-electron chi connectivity index (χ4n) is 2.57. The Morgan fingerprint density at radius 2 is 1.88 bits per heavy atom. The smallest absolute Gasteiger partial charge is 0.410 e. The lowest BCUT2D eigenvalue weighted by Gasteiger charge is -2.37. The number of anilines is 2. The van der Waals surface area contributed by atoms with Crippen molar-refractivity contribution in [2.45, 2.75) is 26.4 Å². The van der Waals surface area contributed by atoms with Gasteiger partial charge in [0.25, 0.3) is 0 Å². The van der Waals surface area contributed by atoms with Gasteiger partial charge in [0, 0.05) is 38.3 Å². The number of benzene rings is 1. The summed E-state index contributed by atoms with van der Waals surface area (Å²) in [5, 5.41) is 9.38. The largest absolute Gasteiger partial charge is 0.497 e. The Hall–Kier alpha value is -2.62. The molecular formula is C17H24N4O3. The van der Waals surface area contributed by atoms with Crippen molar-refractivity contribution in [3.63, 3.8) is 0 Å². The van der Waals surface area contributed by atoms with E-state index in [1.54, 1.807) is 24.1 Å². The maximum atomic E-state index is 12.1. The van der Waals surface area contributed by atoms with E-state index in [4.69, 9.17) is 15.2 Å². The second-order valence-electron chi connectivity index (χ2n) is 6.68. The van der Waals surface area contributed by atoms with Gasteiger partial charge in [-0.2, -0.15) is 5.26 Å². The lowest BCUT2D eigenvalue weighted by molar-refractivity contribution is 0.0240. The van der Waals surface area contributed by atoms with E-state index in [-0.39, 0.29) is 6.09 Å². The first-order chi connectivity index (χ1) is 11.2. The molecule has 0 bridgehead atoms. The zero-order valence-corrected chi connectivity index (χ0v) is 14.6. The molecule has 0 aromatic heterocycles. The first-order valence-corrected chi connectivity index (χ1v) is 7.85. The van der Waals surface area contributed by atoms with Crippen LogP contribution in [0.1, 0.15) is 26.3 Å². The average molecular weight is 332 g/mol. The van der Waals surface area contributed by atoms with Crippen molar-refractivity contribution in [2.75, 3.05) is 43.9 Å². The van der Waals surface area contributed by atoms with Gasteiger partial charge in [-0.3, -0.25) is 0 Å². The first-order valence-electron chi connectivity index (χ1n) is 7.85. The zero-order valence-electron chi connectivity index (χ0n) is 14.6. The Kier molecular flexibility index (Phi) is 5.07. The van der Waals surface area contributed by atoms with Crippen LogP contribution < -0.4 is 15.4 Å². The van der Waals surface area contributed by atoms with Crippen molar-refractivity contribution in [1.82, 2.24) is 4.90 Å². The Labute approximate surface area is 142 Å². The summed E-state index contributed by atoms with van der Waals surface area (Å²) in [6.07, 6.45) is -0.312. The second kappa shape index (κ2) is 6.87. The highest BCUT2D eigenvalue weighted by molar-refractivity contribution is 5.74. The number of ether oxygens (including phenoxy) is 2. The van der Waals surface area contributed by atoms with Gasteiger partial charge in [-0.15, -0.1) is 0 Å². The Morgan fingerprint density at radius 1 is 1.25 bits per heavy atom. The average Bonchev–Trinajstić information content (AvgIpc) is 2.52. The fraction of sp³-hybridized carbons (Fsp3) is 0.529. The summed E-state index contributed by atoms with van der Waals surface area (Å²) in [5.41, 5.74) is 6.99. The van der Waals surface area contributed by atoms with E-state index in [1.807, 2.05) is 25.7 Å². The molecule has 2 rings (SSSR count). The van der Waals surface area contributed by atoms with Crippen molar-refractivity contribution >= 4 is 17.5 Å². The van der Waals surface area contributed by atoms with Crippen molar-refractivity contribution in [3.05, 3.63) is 17.7 Å². The van der Waals surface area contributed by atoms with Crippen LogP contribution in [0.25, 0.3) is 0 Å². The third kappa shape index (κ3) is 4.02. The lowest BCUT2D eigenvalue weighted by Crippen LogP contribution is -2.50. The maximum Gasteiger partial charge on any atom is 0.410 e. The number of carbonyl (C=O) groups excluding carboxylic acids is 1. The molecule has 0 spiro atoms. The third-order valence-corrected chi connectivity index (χ3v) is 3.74. The molecule has 1 aliphatic heterocycles. The Balaban J connectivity index is 2.11. The van der Waals surface area contributed by atoms with Gasteiger partial charge in [-0.1, -0.05) is 0 Å². The van der Waals surface area contributed by atoms with Crippen LogP contribution >= 0.6 is 0 Å². The van der Waals surface area contributed by atoms with Gasteiger partial charge in [-0.25, -0.2) is 4.79 Å². The summed E-state index contributed by atoms with van der Waals surface area (Å²) in [4.78, 5) is 15.8. The number of carbonyl (C=O) groups is 1. The molecule has 2 N–H and O–H groups in total. The van der Waals surface area contributed by atoms with Crippen LogP contribution in [0.4, 0.5) is 16.2 Å². The van der Waals surface area contributed by atoms with Crippen molar-refractivity contribution < 1.29 is 14.3 Å². The number of amides is 1. The molecule has 1 aromatic carbocycles. The molecule has 0 saturated carbocycles. The minimum atomic E-state index is -0.510. The van der Waals surface area contributed by atoms with E-state index in [0.717, 1.165) is 5.69 Å². The number of nitriles is 1. The van der Waals surface area contributed by atoms with Gasteiger partial charge in [0.15, 0.2) is 0 Å². The molecule has 1 amide bonds. The summed E-state index contributed by atoms with van der Waals surface area (Å²) >= 11 is 0. The standard InChI is InChI=1S/C17H24N4O3/c1-17(2,3)24-16(22)21-7-5-20(6-8-21)15-10-12(23-4)9-14(19)13(15)11-18/h9-10H,5-8,19H2,1-4H3. The molecular weight excluding hydrogens is 308 g/mol. The topological polar surface area (TPSA) is 91.8 Å². The predicted molar refractivity (Wildman–Crippen MR) is 92.1 cm³/mol. The molecule has 130 valence electrons. The Morgan fingerprint density at radius 3 is 2.38 bits per heavy atom. The lowest BCUT2D eigenvalue weighted by atomic mass is 10.1. The summed E-state index contributed by atoms with van der Waals surface area (Å²) in [7, 11) is 1.56. The van der Waals surface area contributed by atoms with E-state index in [2.05, 4.69) is 6.07 Å². The van der Waals surface area contributed by atoms with Crippen LogP contribution in [0.15, 0.2) is 12.1 Å². The van der Waals surface area contributed by atoms with Crippen LogP contribution in [0, 0.1) is 11.3 Å². The number of hydrogen-bond donors (Lipinski definition) is 1. The highest BCUT2D eigenvalue weighted by Crippen LogP contribution is 2.31. The minimum Gasteiger partial charge on any atom is -0.497 e. The van der Waals surface area contributed by atoms with Gasteiger partial charge in [0.1, 0.15) is 17.4 Å². The molecule has 24 heavy (non-hydrogen) atoms. The van der Waals surface area contributed by atoms with Gasteiger partial charge in [-0.05, 0) is 20.8 Å². The van der Waals surface area contributed by atoms with Gasteiger partial charge in [0.05, 0.1) is 24.0 Å². The maximum absolute atomic E-state index is 12.1. The highest BCUT2D eigenvalue weighted by atomic mass is 16.6.